The van der Waals surface area contributed by atoms with Crippen LogP contribution in [-0.2, 0) is 4.74 Å². The summed E-state index contributed by atoms with van der Waals surface area (Å²) in [5.41, 5.74) is 0. The highest BCUT2D eigenvalue weighted by molar-refractivity contribution is 5.23. The van der Waals surface area contributed by atoms with Crippen molar-refractivity contribution >= 4 is 0 Å². The third-order valence-corrected chi connectivity index (χ3v) is 2.90. The van der Waals surface area contributed by atoms with Crippen LogP contribution in [0.4, 0.5) is 8.78 Å². The topological polar surface area (TPSA) is 30.5 Å². The molecule has 1 aliphatic heterocycles. The standard InChI is InChI=1S/C13H17F2NO2/c14-12-2-1-11(7-13(12)15)18-6-4-16-8-10-3-5-17-9-10/h1-2,7,10,16H,3-6,8-9H2. The van der Waals surface area contributed by atoms with Gasteiger partial charge < -0.3 is 14.8 Å². The molecule has 18 heavy (non-hydrogen) atoms. The molecule has 0 bridgehead atoms. The molecule has 0 aromatic heterocycles. The summed E-state index contributed by atoms with van der Waals surface area (Å²) in [4.78, 5) is 0. The van der Waals surface area contributed by atoms with Gasteiger partial charge in [0, 0.05) is 25.8 Å². The molecule has 0 saturated carbocycles. The van der Waals surface area contributed by atoms with Crippen molar-refractivity contribution in [1.29, 1.82) is 0 Å². The van der Waals surface area contributed by atoms with Crippen LogP contribution in [0.15, 0.2) is 18.2 Å². The second-order valence-electron chi connectivity index (χ2n) is 4.36. The van der Waals surface area contributed by atoms with Crippen molar-refractivity contribution in [2.75, 3.05) is 32.9 Å². The Kier molecular flexibility index (Phi) is 4.90. The average Bonchev–Trinajstić information content (AvgIpc) is 2.86. The third-order valence-electron chi connectivity index (χ3n) is 2.90. The summed E-state index contributed by atoms with van der Waals surface area (Å²) < 4.78 is 36.1. The lowest BCUT2D eigenvalue weighted by atomic mass is 10.1. The maximum Gasteiger partial charge on any atom is 0.162 e. The fraction of sp³-hybridized carbons (Fsp3) is 0.538. The number of ether oxygens (including phenoxy) is 2. The zero-order chi connectivity index (χ0) is 12.8. The number of rotatable bonds is 6. The van der Waals surface area contributed by atoms with Gasteiger partial charge >= 0.3 is 0 Å². The Morgan fingerprint density at radius 1 is 1.33 bits per heavy atom. The minimum atomic E-state index is -0.886. The average molecular weight is 257 g/mol. The smallest absolute Gasteiger partial charge is 0.162 e. The van der Waals surface area contributed by atoms with Crippen LogP contribution in [0.25, 0.3) is 0 Å². The SMILES string of the molecule is Fc1ccc(OCCNCC2CCOC2)cc1F. The van der Waals surface area contributed by atoms with Crippen LogP contribution in [-0.4, -0.2) is 32.9 Å². The Morgan fingerprint density at radius 3 is 2.94 bits per heavy atom. The molecule has 1 fully saturated rings. The Balaban J connectivity index is 1.61. The normalized spacial score (nSPS) is 19.1. The summed E-state index contributed by atoms with van der Waals surface area (Å²) in [5, 5.41) is 3.25. The molecule has 1 aliphatic rings. The number of halogens is 2. The first-order valence-corrected chi connectivity index (χ1v) is 6.12. The second-order valence-corrected chi connectivity index (χ2v) is 4.36. The van der Waals surface area contributed by atoms with Crippen molar-refractivity contribution in [2.24, 2.45) is 5.92 Å². The first kappa shape index (κ1) is 13.2. The van der Waals surface area contributed by atoms with Crippen molar-refractivity contribution in [2.45, 2.75) is 6.42 Å². The lowest BCUT2D eigenvalue weighted by Crippen LogP contribution is -2.27. The second kappa shape index (κ2) is 6.66. The molecule has 1 aromatic rings. The molecule has 1 heterocycles. The molecule has 0 amide bonds. The van der Waals surface area contributed by atoms with Crippen LogP contribution in [0.2, 0.25) is 0 Å². The van der Waals surface area contributed by atoms with E-state index in [9.17, 15) is 8.78 Å². The minimum Gasteiger partial charge on any atom is -0.492 e. The lowest BCUT2D eigenvalue weighted by molar-refractivity contribution is 0.185. The van der Waals surface area contributed by atoms with Gasteiger partial charge in [0.15, 0.2) is 11.6 Å². The molecule has 3 nitrogen and oxygen atoms in total. The molecule has 100 valence electrons. The van der Waals surface area contributed by atoms with Crippen LogP contribution < -0.4 is 10.1 Å². The Labute approximate surface area is 105 Å². The number of nitrogens with one attached hydrogen (secondary N) is 1. The fourth-order valence-electron chi connectivity index (χ4n) is 1.86. The van der Waals surface area contributed by atoms with E-state index in [2.05, 4.69) is 5.32 Å². The third kappa shape index (κ3) is 3.92. The lowest BCUT2D eigenvalue weighted by Gasteiger charge is -2.10. The highest BCUT2D eigenvalue weighted by Gasteiger charge is 2.14. The minimum absolute atomic E-state index is 0.347. The van der Waals surface area contributed by atoms with Crippen LogP contribution in [0.1, 0.15) is 6.42 Å². The van der Waals surface area contributed by atoms with Crippen LogP contribution in [0.3, 0.4) is 0 Å². The first-order valence-electron chi connectivity index (χ1n) is 6.12. The summed E-state index contributed by atoms with van der Waals surface area (Å²) in [6.45, 7) is 3.67. The zero-order valence-corrected chi connectivity index (χ0v) is 10.1. The first-order chi connectivity index (χ1) is 8.75. The molecule has 0 aliphatic carbocycles. The van der Waals surface area contributed by atoms with Gasteiger partial charge in [-0.25, -0.2) is 8.78 Å². The predicted octanol–water partition coefficient (Wildman–Crippen LogP) is 1.97. The summed E-state index contributed by atoms with van der Waals surface area (Å²) in [6.07, 6.45) is 1.09. The molecule has 5 heteroatoms. The van der Waals surface area contributed by atoms with Gasteiger partial charge in [0.1, 0.15) is 12.4 Å². The summed E-state index contributed by atoms with van der Waals surface area (Å²) >= 11 is 0. The number of hydrogen-bond acceptors (Lipinski definition) is 3. The quantitative estimate of drug-likeness (QED) is 0.790. The number of benzene rings is 1. The van der Waals surface area contributed by atoms with Gasteiger partial charge in [0.05, 0.1) is 6.61 Å². The van der Waals surface area contributed by atoms with Crippen molar-refractivity contribution < 1.29 is 18.3 Å². The molecular weight excluding hydrogens is 240 g/mol. The van der Waals surface area contributed by atoms with Gasteiger partial charge in [0.25, 0.3) is 0 Å². The van der Waals surface area contributed by atoms with E-state index in [-0.39, 0.29) is 0 Å². The maximum atomic E-state index is 12.9. The monoisotopic (exact) mass is 257 g/mol. The van der Waals surface area contributed by atoms with E-state index in [4.69, 9.17) is 9.47 Å². The summed E-state index contributed by atoms with van der Waals surface area (Å²) in [7, 11) is 0. The Hall–Kier alpha value is -1.20. The van der Waals surface area contributed by atoms with E-state index in [0.29, 0.717) is 24.8 Å². The Bertz CT molecular complexity index is 381. The fourth-order valence-corrected chi connectivity index (χ4v) is 1.86. The maximum absolute atomic E-state index is 12.9. The van der Waals surface area contributed by atoms with Crippen LogP contribution in [0, 0.1) is 17.6 Å². The summed E-state index contributed by atoms with van der Waals surface area (Å²) in [5.74, 6) is -0.821. The van der Waals surface area contributed by atoms with Crippen molar-refractivity contribution in [3.05, 3.63) is 29.8 Å². The molecule has 1 saturated heterocycles. The molecular formula is C13H17F2NO2. The van der Waals surface area contributed by atoms with E-state index in [1.165, 1.54) is 6.07 Å². The molecule has 1 unspecified atom stereocenters. The van der Waals surface area contributed by atoms with Crippen molar-refractivity contribution in [1.82, 2.24) is 5.32 Å². The molecule has 1 atom stereocenters. The van der Waals surface area contributed by atoms with Crippen LogP contribution in [0.5, 0.6) is 5.75 Å². The molecule has 2 rings (SSSR count). The van der Waals surface area contributed by atoms with Crippen molar-refractivity contribution in [3.8, 4) is 5.75 Å². The van der Waals surface area contributed by atoms with Gasteiger partial charge in [-0.15, -0.1) is 0 Å². The van der Waals surface area contributed by atoms with E-state index in [1.807, 2.05) is 0 Å². The molecule has 0 radical (unpaired) electrons. The van der Waals surface area contributed by atoms with Gasteiger partial charge in [-0.2, -0.15) is 0 Å². The van der Waals surface area contributed by atoms with E-state index in [0.717, 1.165) is 38.3 Å². The predicted molar refractivity (Wildman–Crippen MR) is 63.6 cm³/mol. The van der Waals surface area contributed by atoms with Gasteiger partial charge in [-0.3, -0.25) is 0 Å². The van der Waals surface area contributed by atoms with Crippen molar-refractivity contribution in [3.63, 3.8) is 0 Å². The van der Waals surface area contributed by atoms with E-state index >= 15 is 0 Å². The Morgan fingerprint density at radius 2 is 2.22 bits per heavy atom. The molecule has 0 spiro atoms. The summed E-state index contributed by atoms with van der Waals surface area (Å²) in [6, 6.07) is 3.54. The van der Waals surface area contributed by atoms with Gasteiger partial charge in [0.2, 0.25) is 0 Å². The van der Waals surface area contributed by atoms with E-state index < -0.39 is 11.6 Å². The van der Waals surface area contributed by atoms with Gasteiger partial charge in [-0.1, -0.05) is 0 Å². The molecule has 1 aromatic carbocycles. The zero-order valence-electron chi connectivity index (χ0n) is 10.1. The number of hydrogen-bond donors (Lipinski definition) is 1. The molecule has 1 N–H and O–H groups in total. The van der Waals surface area contributed by atoms with E-state index in [1.54, 1.807) is 0 Å². The highest BCUT2D eigenvalue weighted by atomic mass is 19.2. The highest BCUT2D eigenvalue weighted by Crippen LogP contribution is 2.15. The van der Waals surface area contributed by atoms with Gasteiger partial charge in [-0.05, 0) is 24.5 Å². The van der Waals surface area contributed by atoms with Crippen LogP contribution >= 0.6 is 0 Å². The largest absolute Gasteiger partial charge is 0.492 e.